The summed E-state index contributed by atoms with van der Waals surface area (Å²) in [6, 6.07) is 10.1. The summed E-state index contributed by atoms with van der Waals surface area (Å²) in [5.41, 5.74) is 0.169. The fraction of sp³-hybridized carbons (Fsp3) is 0.500. The molecule has 0 bridgehead atoms. The molecule has 1 heterocycles. The quantitative estimate of drug-likeness (QED) is 0.789. The number of thioether (sulfide) groups is 1. The Balaban J connectivity index is 1.72. The van der Waals surface area contributed by atoms with Gasteiger partial charge in [0.15, 0.2) is 0 Å². The van der Waals surface area contributed by atoms with E-state index in [9.17, 15) is 14.9 Å². The third kappa shape index (κ3) is 2.78. The van der Waals surface area contributed by atoms with Gasteiger partial charge in [0.05, 0.1) is 12.0 Å². The molecule has 126 valence electrons. The van der Waals surface area contributed by atoms with E-state index in [2.05, 4.69) is 6.07 Å². The smallest absolute Gasteiger partial charge is 0.229 e. The molecule has 1 aliphatic heterocycles. The molecule has 1 aromatic carbocycles. The first kappa shape index (κ1) is 16.8. The number of hydrogen-bond acceptors (Lipinski definition) is 4. The second-order valence-corrected chi connectivity index (χ2v) is 7.38. The number of hydrogen-bond donors (Lipinski definition) is 0. The van der Waals surface area contributed by atoms with Crippen LogP contribution in [0.5, 0.6) is 0 Å². The fourth-order valence-electron chi connectivity index (χ4n) is 3.40. The zero-order valence-electron chi connectivity index (χ0n) is 14.0. The maximum atomic E-state index is 12.8. The minimum atomic E-state index is -0.659. The van der Waals surface area contributed by atoms with Crippen molar-refractivity contribution in [2.45, 2.75) is 36.1 Å². The number of nitrogens with zero attached hydrogens (tertiary/aromatic N) is 3. The zero-order valence-corrected chi connectivity index (χ0v) is 14.8. The first-order valence-corrected chi connectivity index (χ1v) is 9.36. The van der Waals surface area contributed by atoms with Crippen LogP contribution in [-0.4, -0.2) is 42.1 Å². The molecule has 1 saturated carbocycles. The topological polar surface area (TPSA) is 64.4 Å². The molecule has 6 heteroatoms. The predicted octanol–water partition coefficient (Wildman–Crippen LogP) is 2.67. The fourth-order valence-corrected chi connectivity index (χ4v) is 3.81. The second-order valence-electron chi connectivity index (χ2n) is 6.50. The van der Waals surface area contributed by atoms with E-state index >= 15 is 0 Å². The van der Waals surface area contributed by atoms with Crippen LogP contribution >= 0.6 is 11.8 Å². The van der Waals surface area contributed by atoms with E-state index in [4.69, 9.17) is 0 Å². The van der Waals surface area contributed by atoms with E-state index in [1.54, 1.807) is 28.6 Å². The van der Waals surface area contributed by atoms with Crippen molar-refractivity contribution in [3.63, 3.8) is 0 Å². The largest absolute Gasteiger partial charge is 0.327 e. The van der Waals surface area contributed by atoms with Crippen LogP contribution in [0.1, 0.15) is 25.7 Å². The third-order valence-corrected chi connectivity index (χ3v) is 5.96. The number of benzene rings is 1. The van der Waals surface area contributed by atoms with Crippen molar-refractivity contribution < 1.29 is 9.59 Å². The molecule has 1 saturated heterocycles. The van der Waals surface area contributed by atoms with Crippen molar-refractivity contribution in [3.8, 4) is 6.07 Å². The summed E-state index contributed by atoms with van der Waals surface area (Å²) in [5, 5.41) is 9.41. The first-order chi connectivity index (χ1) is 11.5. The molecule has 1 atom stereocenters. The summed E-state index contributed by atoms with van der Waals surface area (Å²) in [6.45, 7) is 0.391. The van der Waals surface area contributed by atoms with E-state index in [1.165, 1.54) is 0 Å². The summed E-state index contributed by atoms with van der Waals surface area (Å²) in [5.74, 6) is -0.486. The first-order valence-electron chi connectivity index (χ1n) is 8.14. The highest BCUT2D eigenvalue weighted by atomic mass is 32.2. The highest BCUT2D eigenvalue weighted by Crippen LogP contribution is 2.38. The van der Waals surface area contributed by atoms with Crippen molar-refractivity contribution in [2.75, 3.05) is 24.7 Å². The lowest BCUT2D eigenvalue weighted by molar-refractivity contribution is -0.140. The lowest BCUT2D eigenvalue weighted by Gasteiger charge is -2.43. The number of carbonyl (C=O) groups is 2. The summed E-state index contributed by atoms with van der Waals surface area (Å²) >= 11 is 1.65. The molecule has 5 nitrogen and oxygen atoms in total. The monoisotopic (exact) mass is 343 g/mol. The molecule has 24 heavy (non-hydrogen) atoms. The molecule has 0 radical (unpaired) electrons. The Morgan fingerprint density at radius 2 is 2.04 bits per heavy atom. The molecular formula is C18H21N3O2S. The molecule has 1 aromatic rings. The molecule has 3 rings (SSSR count). The van der Waals surface area contributed by atoms with Crippen molar-refractivity contribution in [1.82, 2.24) is 4.90 Å². The second kappa shape index (κ2) is 6.48. The molecule has 1 aliphatic carbocycles. The van der Waals surface area contributed by atoms with Crippen molar-refractivity contribution in [3.05, 3.63) is 24.3 Å². The van der Waals surface area contributed by atoms with Gasteiger partial charge in [-0.15, -0.1) is 11.8 Å². The summed E-state index contributed by atoms with van der Waals surface area (Å²) in [7, 11) is 1.70. The molecule has 0 unspecified atom stereocenters. The van der Waals surface area contributed by atoms with Crippen molar-refractivity contribution in [2.24, 2.45) is 5.92 Å². The van der Waals surface area contributed by atoms with Crippen LogP contribution in [0.3, 0.4) is 0 Å². The Bertz CT molecular complexity index is 691. The highest BCUT2D eigenvalue weighted by Gasteiger charge is 2.46. The Morgan fingerprint density at radius 1 is 1.38 bits per heavy atom. The number of rotatable bonds is 4. The summed E-state index contributed by atoms with van der Waals surface area (Å²) in [4.78, 5) is 29.5. The van der Waals surface area contributed by atoms with E-state index in [0.717, 1.165) is 29.8 Å². The number of nitriles is 1. The zero-order chi connectivity index (χ0) is 17.3. The summed E-state index contributed by atoms with van der Waals surface area (Å²) < 4.78 is 0. The van der Waals surface area contributed by atoms with Crippen molar-refractivity contribution in [1.29, 1.82) is 5.26 Å². The minimum Gasteiger partial charge on any atom is -0.327 e. The van der Waals surface area contributed by atoms with Crippen LogP contribution < -0.4 is 4.90 Å². The number of carbonyl (C=O) groups excluding carboxylic acids is 2. The SMILES string of the molecule is CSc1ccc(N2C[C@@H](C(=O)N(C)C3(C#N)CCC3)CC2=O)cc1. The summed E-state index contributed by atoms with van der Waals surface area (Å²) in [6.07, 6.45) is 4.65. The normalized spacial score (nSPS) is 22.0. The average molecular weight is 343 g/mol. The number of amides is 2. The average Bonchev–Trinajstić information content (AvgIpc) is 2.95. The van der Waals surface area contributed by atoms with Gasteiger partial charge < -0.3 is 9.80 Å². The van der Waals surface area contributed by atoms with Gasteiger partial charge in [-0.25, -0.2) is 0 Å². The Labute approximate surface area is 146 Å². The van der Waals surface area contributed by atoms with Gasteiger partial charge in [-0.05, 0) is 49.8 Å². The minimum absolute atomic E-state index is 0.0294. The maximum absolute atomic E-state index is 12.8. The van der Waals surface area contributed by atoms with Gasteiger partial charge >= 0.3 is 0 Å². The van der Waals surface area contributed by atoms with Gasteiger partial charge in [0.1, 0.15) is 5.54 Å². The van der Waals surface area contributed by atoms with Crippen LogP contribution in [-0.2, 0) is 9.59 Å². The Morgan fingerprint density at radius 3 is 2.54 bits per heavy atom. The maximum Gasteiger partial charge on any atom is 0.229 e. The van der Waals surface area contributed by atoms with Crippen molar-refractivity contribution >= 4 is 29.3 Å². The van der Waals surface area contributed by atoms with Crippen LogP contribution in [0, 0.1) is 17.2 Å². The van der Waals surface area contributed by atoms with E-state index in [-0.39, 0.29) is 24.2 Å². The lowest BCUT2D eigenvalue weighted by atomic mass is 9.76. The molecular weight excluding hydrogens is 322 g/mol. The standard InChI is InChI=1S/C18H21N3O2S/c1-20(18(12-19)8-3-9-18)17(23)13-10-16(22)21(11-13)14-4-6-15(24-2)7-5-14/h4-7,13H,3,8-11H2,1-2H3/t13-/m0/s1. The third-order valence-electron chi connectivity index (χ3n) is 5.22. The molecule has 0 N–H and O–H groups in total. The van der Waals surface area contributed by atoms with Crippen LogP contribution in [0.4, 0.5) is 5.69 Å². The van der Waals surface area contributed by atoms with E-state index in [1.807, 2.05) is 30.5 Å². The van der Waals surface area contributed by atoms with Gasteiger partial charge in [0.2, 0.25) is 11.8 Å². The van der Waals surface area contributed by atoms with E-state index < -0.39 is 5.54 Å². The van der Waals surface area contributed by atoms with E-state index in [0.29, 0.717) is 6.54 Å². The van der Waals surface area contributed by atoms with Gasteiger partial charge in [0.25, 0.3) is 0 Å². The molecule has 2 aliphatic rings. The molecule has 0 spiro atoms. The Hall–Kier alpha value is -2.00. The van der Waals surface area contributed by atoms with Gasteiger partial charge in [0, 0.05) is 30.6 Å². The highest BCUT2D eigenvalue weighted by molar-refractivity contribution is 7.98. The molecule has 2 amide bonds. The van der Waals surface area contributed by atoms with Crippen LogP contribution in [0.2, 0.25) is 0 Å². The predicted molar refractivity (Wildman–Crippen MR) is 93.6 cm³/mol. The van der Waals surface area contributed by atoms with Gasteiger partial charge in [-0.2, -0.15) is 5.26 Å². The number of anilines is 1. The Kier molecular flexibility index (Phi) is 4.55. The van der Waals surface area contributed by atoms with Crippen LogP contribution in [0.15, 0.2) is 29.2 Å². The lowest BCUT2D eigenvalue weighted by Crippen LogP contribution is -2.55. The van der Waals surface area contributed by atoms with Gasteiger partial charge in [-0.3, -0.25) is 9.59 Å². The molecule has 0 aromatic heterocycles. The van der Waals surface area contributed by atoms with Gasteiger partial charge in [-0.1, -0.05) is 0 Å². The molecule has 2 fully saturated rings. The van der Waals surface area contributed by atoms with Crippen LogP contribution in [0.25, 0.3) is 0 Å².